The lowest BCUT2D eigenvalue weighted by Gasteiger charge is -2.05. The Morgan fingerprint density at radius 2 is 1.32 bits per heavy atom. The molecule has 0 saturated carbocycles. The molecule has 1 heteroatoms. The average Bonchev–Trinajstić information content (AvgIpc) is 3.30. The number of benzene rings is 5. The van der Waals surface area contributed by atoms with Crippen molar-refractivity contribution in [1.29, 1.82) is 0 Å². The van der Waals surface area contributed by atoms with E-state index in [0.29, 0.717) is 0 Å². The summed E-state index contributed by atoms with van der Waals surface area (Å²) in [5, 5.41) is 8.23. The van der Waals surface area contributed by atoms with Gasteiger partial charge in [0.1, 0.15) is 0 Å². The lowest BCUT2D eigenvalue weighted by molar-refractivity contribution is 1.29. The zero-order chi connectivity index (χ0) is 18.2. The fraction of sp³-hybridized carbons (Fsp3) is 0.0370. The third-order valence-electron chi connectivity index (χ3n) is 6.29. The Labute approximate surface area is 166 Å². The second-order valence-corrected chi connectivity index (χ2v) is 8.81. The highest BCUT2D eigenvalue weighted by molar-refractivity contribution is 7.26. The molecule has 28 heavy (non-hydrogen) atoms. The fourth-order valence-electron chi connectivity index (χ4n) is 4.96. The molecule has 0 saturated heterocycles. The normalized spacial score (nSPS) is 12.9. The predicted octanol–water partition coefficient (Wildman–Crippen LogP) is 7.93. The smallest absolute Gasteiger partial charge is 0.0433 e. The van der Waals surface area contributed by atoms with Crippen LogP contribution in [0.5, 0.6) is 0 Å². The van der Waals surface area contributed by atoms with Crippen molar-refractivity contribution in [2.24, 2.45) is 0 Å². The van der Waals surface area contributed by atoms with Crippen LogP contribution in [0, 0.1) is 0 Å². The summed E-state index contributed by atoms with van der Waals surface area (Å²) in [5.74, 6) is 0. The monoisotopic (exact) mass is 372 g/mol. The zero-order valence-corrected chi connectivity index (χ0v) is 16.0. The molecule has 1 aliphatic carbocycles. The Hall–Kier alpha value is -3.16. The van der Waals surface area contributed by atoms with Gasteiger partial charge in [0.05, 0.1) is 0 Å². The van der Waals surface area contributed by atoms with Gasteiger partial charge in [-0.1, -0.05) is 72.8 Å². The van der Waals surface area contributed by atoms with Crippen molar-refractivity contribution in [3.63, 3.8) is 0 Å². The van der Waals surface area contributed by atoms with Crippen LogP contribution in [0.15, 0.2) is 84.9 Å². The zero-order valence-electron chi connectivity index (χ0n) is 15.2. The molecule has 0 atom stereocenters. The maximum Gasteiger partial charge on any atom is 0.0433 e. The molecule has 1 aromatic heterocycles. The van der Waals surface area contributed by atoms with E-state index < -0.39 is 0 Å². The van der Waals surface area contributed by atoms with Gasteiger partial charge in [-0.05, 0) is 62.4 Å². The van der Waals surface area contributed by atoms with Crippen molar-refractivity contribution in [1.82, 2.24) is 0 Å². The largest absolute Gasteiger partial charge is 0.135 e. The van der Waals surface area contributed by atoms with Crippen molar-refractivity contribution in [2.75, 3.05) is 0 Å². The van der Waals surface area contributed by atoms with E-state index in [1.165, 1.54) is 64.0 Å². The van der Waals surface area contributed by atoms with Crippen molar-refractivity contribution >= 4 is 53.1 Å². The van der Waals surface area contributed by atoms with Crippen molar-refractivity contribution in [3.8, 4) is 11.1 Å². The highest BCUT2D eigenvalue weighted by Gasteiger charge is 2.22. The molecular weight excluding hydrogens is 356 g/mol. The van der Waals surface area contributed by atoms with E-state index in [2.05, 4.69) is 84.9 Å². The number of thiophene rings is 1. The minimum absolute atomic E-state index is 1.03. The van der Waals surface area contributed by atoms with Crippen molar-refractivity contribution < 1.29 is 0 Å². The number of rotatable bonds is 0. The van der Waals surface area contributed by atoms with Gasteiger partial charge in [0.15, 0.2) is 0 Å². The summed E-state index contributed by atoms with van der Waals surface area (Å²) < 4.78 is 2.81. The Balaban J connectivity index is 1.55. The summed E-state index contributed by atoms with van der Waals surface area (Å²) in [4.78, 5) is 0. The third kappa shape index (κ3) is 1.85. The predicted molar refractivity (Wildman–Crippen MR) is 123 cm³/mol. The van der Waals surface area contributed by atoms with Crippen LogP contribution in [0.4, 0.5) is 0 Å². The summed E-state index contributed by atoms with van der Waals surface area (Å²) in [5.41, 5.74) is 5.79. The molecule has 0 fully saturated rings. The van der Waals surface area contributed by atoms with E-state index in [0.717, 1.165) is 6.42 Å². The van der Waals surface area contributed by atoms with Crippen LogP contribution in [-0.4, -0.2) is 0 Å². The SMILES string of the molecule is c1ccc2c3c(ccc2c1)-c1cc2sc4c5ccccc5ccc4c2cc1C3. The highest BCUT2D eigenvalue weighted by Crippen LogP contribution is 2.46. The molecule has 130 valence electrons. The average molecular weight is 372 g/mol. The maximum atomic E-state index is 2.45. The van der Waals surface area contributed by atoms with Gasteiger partial charge in [-0.15, -0.1) is 11.3 Å². The van der Waals surface area contributed by atoms with Gasteiger partial charge in [0.2, 0.25) is 0 Å². The van der Waals surface area contributed by atoms with Crippen LogP contribution in [0.3, 0.4) is 0 Å². The molecule has 0 radical (unpaired) electrons. The summed E-state index contributed by atoms with van der Waals surface area (Å²) >= 11 is 1.94. The van der Waals surface area contributed by atoms with E-state index in [-0.39, 0.29) is 0 Å². The topological polar surface area (TPSA) is 0 Å². The summed E-state index contributed by atoms with van der Waals surface area (Å²) in [6, 6.07) is 31.5. The van der Waals surface area contributed by atoms with E-state index in [1.807, 2.05) is 11.3 Å². The first-order valence-electron chi connectivity index (χ1n) is 9.75. The Bertz CT molecular complexity index is 1580. The Morgan fingerprint density at radius 1 is 0.571 bits per heavy atom. The van der Waals surface area contributed by atoms with Crippen LogP contribution in [0.1, 0.15) is 11.1 Å². The van der Waals surface area contributed by atoms with Gasteiger partial charge in [-0.2, -0.15) is 0 Å². The fourth-order valence-corrected chi connectivity index (χ4v) is 6.22. The van der Waals surface area contributed by atoms with E-state index >= 15 is 0 Å². The quantitative estimate of drug-likeness (QED) is 0.253. The number of fused-ring (bicyclic) bond motifs is 10. The van der Waals surface area contributed by atoms with Crippen LogP contribution < -0.4 is 0 Å². The Kier molecular flexibility index (Phi) is 2.76. The maximum absolute atomic E-state index is 2.45. The molecule has 7 rings (SSSR count). The number of hydrogen-bond donors (Lipinski definition) is 0. The summed E-state index contributed by atoms with van der Waals surface area (Å²) in [7, 11) is 0. The highest BCUT2D eigenvalue weighted by atomic mass is 32.1. The van der Waals surface area contributed by atoms with Crippen LogP contribution in [0.25, 0.3) is 52.8 Å². The first-order chi connectivity index (χ1) is 13.9. The molecule has 0 nitrogen and oxygen atoms in total. The molecular formula is C27H16S. The standard InChI is InChI=1S/C27H16S/c1-3-7-19-16(5-1)9-11-21-23-15-26-25(14-18(23)13-24(19)21)22-12-10-17-6-2-4-8-20(17)27(22)28-26/h1-12,14-15H,13H2. The molecule has 0 bridgehead atoms. The number of hydrogen-bond acceptors (Lipinski definition) is 1. The molecule has 1 heterocycles. The van der Waals surface area contributed by atoms with E-state index in [4.69, 9.17) is 0 Å². The molecule has 5 aromatic carbocycles. The molecule has 1 aliphatic rings. The van der Waals surface area contributed by atoms with Crippen molar-refractivity contribution in [3.05, 3.63) is 96.1 Å². The minimum atomic E-state index is 1.03. The second kappa shape index (κ2) is 5.21. The van der Waals surface area contributed by atoms with Crippen LogP contribution in [-0.2, 0) is 6.42 Å². The van der Waals surface area contributed by atoms with Crippen molar-refractivity contribution in [2.45, 2.75) is 6.42 Å². The van der Waals surface area contributed by atoms with Gasteiger partial charge in [0, 0.05) is 20.2 Å². The van der Waals surface area contributed by atoms with Gasteiger partial charge in [-0.25, -0.2) is 0 Å². The van der Waals surface area contributed by atoms with Gasteiger partial charge in [0.25, 0.3) is 0 Å². The summed E-state index contributed by atoms with van der Waals surface area (Å²) in [6.45, 7) is 0. The van der Waals surface area contributed by atoms with E-state index in [1.54, 1.807) is 0 Å². The van der Waals surface area contributed by atoms with Gasteiger partial charge >= 0.3 is 0 Å². The van der Waals surface area contributed by atoms with Gasteiger partial charge in [-0.3, -0.25) is 0 Å². The minimum Gasteiger partial charge on any atom is -0.135 e. The van der Waals surface area contributed by atoms with E-state index in [9.17, 15) is 0 Å². The third-order valence-corrected chi connectivity index (χ3v) is 7.49. The molecule has 0 amide bonds. The first kappa shape index (κ1) is 14.8. The molecule has 0 spiro atoms. The molecule has 6 aromatic rings. The molecule has 0 N–H and O–H groups in total. The lowest BCUT2D eigenvalue weighted by Crippen LogP contribution is -1.83. The van der Waals surface area contributed by atoms with Crippen LogP contribution >= 0.6 is 11.3 Å². The van der Waals surface area contributed by atoms with Gasteiger partial charge < -0.3 is 0 Å². The van der Waals surface area contributed by atoms with Crippen LogP contribution in [0.2, 0.25) is 0 Å². The molecule has 0 unspecified atom stereocenters. The second-order valence-electron chi connectivity index (χ2n) is 7.76. The first-order valence-corrected chi connectivity index (χ1v) is 10.6. The molecule has 0 aliphatic heterocycles. The Morgan fingerprint density at radius 3 is 2.21 bits per heavy atom. The summed E-state index contributed by atoms with van der Waals surface area (Å²) in [6.07, 6.45) is 1.03. The lowest BCUT2D eigenvalue weighted by atomic mass is 9.99.